The summed E-state index contributed by atoms with van der Waals surface area (Å²) in [5, 5.41) is 10.2. The van der Waals surface area contributed by atoms with Gasteiger partial charge in [-0.25, -0.2) is 0 Å². The van der Waals surface area contributed by atoms with Crippen molar-refractivity contribution in [1.82, 2.24) is 4.98 Å². The molecule has 118 valence electrons. The number of ether oxygens (including phenoxy) is 1. The van der Waals surface area contributed by atoms with Crippen LogP contribution in [0.25, 0.3) is 0 Å². The smallest absolute Gasteiger partial charge is 0.138 e. The van der Waals surface area contributed by atoms with Crippen molar-refractivity contribution in [3.63, 3.8) is 0 Å². The van der Waals surface area contributed by atoms with Gasteiger partial charge in [-0.2, -0.15) is 0 Å². The third-order valence-corrected chi connectivity index (χ3v) is 3.52. The van der Waals surface area contributed by atoms with Crippen LogP contribution in [0.3, 0.4) is 0 Å². The molecule has 22 heavy (non-hydrogen) atoms. The van der Waals surface area contributed by atoms with E-state index in [1.54, 1.807) is 6.20 Å². The second-order valence-electron chi connectivity index (χ2n) is 6.81. The van der Waals surface area contributed by atoms with Gasteiger partial charge in [0.05, 0.1) is 18.0 Å². The summed E-state index contributed by atoms with van der Waals surface area (Å²) in [6, 6.07) is 13.7. The van der Waals surface area contributed by atoms with Gasteiger partial charge in [-0.1, -0.05) is 51.1 Å². The van der Waals surface area contributed by atoms with Crippen LogP contribution in [0.5, 0.6) is 5.75 Å². The maximum absolute atomic E-state index is 10.2. The number of aliphatic hydroxyl groups excluding tert-OH is 1. The van der Waals surface area contributed by atoms with E-state index in [0.717, 1.165) is 24.2 Å². The van der Waals surface area contributed by atoms with E-state index in [1.165, 1.54) is 0 Å². The van der Waals surface area contributed by atoms with Crippen LogP contribution in [0, 0.1) is 5.41 Å². The molecule has 0 amide bonds. The zero-order chi connectivity index (χ0) is 16.0. The minimum absolute atomic E-state index is 0.222. The summed E-state index contributed by atoms with van der Waals surface area (Å²) in [6.45, 7) is 7.05. The van der Waals surface area contributed by atoms with Crippen molar-refractivity contribution in [3.8, 4) is 5.75 Å². The Kier molecular flexibility index (Phi) is 5.56. The Hall–Kier alpha value is -1.87. The first-order valence-corrected chi connectivity index (χ1v) is 7.75. The molecule has 1 aromatic carbocycles. The molecule has 0 radical (unpaired) electrons. The lowest BCUT2D eigenvalue weighted by molar-refractivity contribution is 0.143. The highest BCUT2D eigenvalue weighted by atomic mass is 16.5. The van der Waals surface area contributed by atoms with Gasteiger partial charge in [0, 0.05) is 0 Å². The molecule has 0 unspecified atom stereocenters. The third-order valence-electron chi connectivity index (χ3n) is 3.52. The third kappa shape index (κ3) is 5.49. The first-order valence-electron chi connectivity index (χ1n) is 7.75. The summed E-state index contributed by atoms with van der Waals surface area (Å²) in [7, 11) is 0. The first-order chi connectivity index (χ1) is 10.4. The number of hydrogen-bond acceptors (Lipinski definition) is 3. The summed E-state index contributed by atoms with van der Waals surface area (Å²) >= 11 is 0. The first kappa shape index (κ1) is 16.5. The van der Waals surface area contributed by atoms with Crippen LogP contribution in [-0.2, 0) is 6.61 Å². The number of nitrogens with zero attached hydrogens (tertiary/aromatic N) is 1. The normalized spacial score (nSPS) is 12.9. The molecule has 1 N–H and O–H groups in total. The fraction of sp³-hybridized carbons (Fsp3) is 0.421. The number of pyridine rings is 1. The summed E-state index contributed by atoms with van der Waals surface area (Å²) in [5.41, 5.74) is 2.05. The van der Waals surface area contributed by atoms with Crippen molar-refractivity contribution in [3.05, 3.63) is 59.9 Å². The zero-order valence-electron chi connectivity index (χ0n) is 13.6. The van der Waals surface area contributed by atoms with E-state index >= 15 is 0 Å². The lowest BCUT2D eigenvalue weighted by Gasteiger charge is -2.20. The van der Waals surface area contributed by atoms with Crippen molar-refractivity contribution in [2.24, 2.45) is 5.41 Å². The molecule has 1 aromatic heterocycles. The molecule has 3 heteroatoms. The number of benzene rings is 1. The molecule has 0 aliphatic heterocycles. The molecule has 0 fully saturated rings. The fourth-order valence-corrected chi connectivity index (χ4v) is 2.13. The van der Waals surface area contributed by atoms with Crippen molar-refractivity contribution >= 4 is 0 Å². The van der Waals surface area contributed by atoms with Gasteiger partial charge in [-0.15, -0.1) is 0 Å². The number of aliphatic hydroxyl groups is 1. The van der Waals surface area contributed by atoms with E-state index in [1.807, 2.05) is 42.5 Å². The predicted octanol–water partition coefficient (Wildman–Crippen LogP) is 4.52. The molecule has 0 aliphatic carbocycles. The Morgan fingerprint density at radius 3 is 2.41 bits per heavy atom. The van der Waals surface area contributed by atoms with Crippen LogP contribution in [0.15, 0.2) is 48.7 Å². The standard InChI is InChI=1S/C19H25NO2/c1-19(2,3)12-11-18(21)17-10-9-16(13-20-17)22-14-15-7-5-4-6-8-15/h4-10,13,18,21H,11-12,14H2,1-3H3/t18-/m0/s1. The minimum atomic E-state index is -0.512. The summed E-state index contributed by atoms with van der Waals surface area (Å²) in [6.07, 6.45) is 2.85. The lowest BCUT2D eigenvalue weighted by atomic mass is 9.89. The molecule has 0 saturated heterocycles. The maximum atomic E-state index is 10.2. The van der Waals surface area contributed by atoms with Crippen molar-refractivity contribution in [2.45, 2.75) is 46.3 Å². The molecule has 3 nitrogen and oxygen atoms in total. The van der Waals surface area contributed by atoms with Crippen LogP contribution in [0.2, 0.25) is 0 Å². The van der Waals surface area contributed by atoms with Crippen LogP contribution >= 0.6 is 0 Å². The van der Waals surface area contributed by atoms with E-state index in [4.69, 9.17) is 4.74 Å². The quantitative estimate of drug-likeness (QED) is 0.852. The Labute approximate surface area is 133 Å². The van der Waals surface area contributed by atoms with Gasteiger partial charge in [-0.05, 0) is 36.0 Å². The molecule has 1 atom stereocenters. The van der Waals surface area contributed by atoms with Crippen LogP contribution in [-0.4, -0.2) is 10.1 Å². The fourth-order valence-electron chi connectivity index (χ4n) is 2.13. The molecular weight excluding hydrogens is 274 g/mol. The Morgan fingerprint density at radius 1 is 1.09 bits per heavy atom. The molecule has 0 saturated carbocycles. The van der Waals surface area contributed by atoms with Crippen molar-refractivity contribution in [2.75, 3.05) is 0 Å². The summed E-state index contributed by atoms with van der Waals surface area (Å²) in [4.78, 5) is 4.32. The summed E-state index contributed by atoms with van der Waals surface area (Å²) < 4.78 is 5.70. The monoisotopic (exact) mass is 299 g/mol. The van der Waals surface area contributed by atoms with Crippen molar-refractivity contribution in [1.29, 1.82) is 0 Å². The van der Waals surface area contributed by atoms with Gasteiger partial charge >= 0.3 is 0 Å². The van der Waals surface area contributed by atoms with Gasteiger partial charge in [0.25, 0.3) is 0 Å². The second kappa shape index (κ2) is 7.41. The van der Waals surface area contributed by atoms with E-state index in [2.05, 4.69) is 25.8 Å². The molecule has 1 heterocycles. The minimum Gasteiger partial charge on any atom is -0.487 e. The predicted molar refractivity (Wildman–Crippen MR) is 88.7 cm³/mol. The van der Waals surface area contributed by atoms with E-state index in [9.17, 15) is 5.11 Å². The highest BCUT2D eigenvalue weighted by molar-refractivity contribution is 5.22. The second-order valence-corrected chi connectivity index (χ2v) is 6.81. The Balaban J connectivity index is 1.87. The van der Waals surface area contributed by atoms with Crippen LogP contribution in [0.4, 0.5) is 0 Å². The molecule has 0 spiro atoms. The van der Waals surface area contributed by atoms with E-state index in [-0.39, 0.29) is 5.41 Å². The molecular formula is C19H25NO2. The van der Waals surface area contributed by atoms with Gasteiger partial charge in [0.2, 0.25) is 0 Å². The van der Waals surface area contributed by atoms with E-state index < -0.39 is 6.10 Å². The van der Waals surface area contributed by atoms with Crippen LogP contribution < -0.4 is 4.74 Å². The Morgan fingerprint density at radius 2 is 1.82 bits per heavy atom. The van der Waals surface area contributed by atoms with E-state index in [0.29, 0.717) is 12.3 Å². The largest absolute Gasteiger partial charge is 0.487 e. The maximum Gasteiger partial charge on any atom is 0.138 e. The molecule has 2 rings (SSSR count). The molecule has 2 aromatic rings. The van der Waals surface area contributed by atoms with Gasteiger partial charge in [0.1, 0.15) is 12.4 Å². The number of rotatable bonds is 6. The van der Waals surface area contributed by atoms with Gasteiger partial charge in [0.15, 0.2) is 0 Å². The highest BCUT2D eigenvalue weighted by Gasteiger charge is 2.15. The topological polar surface area (TPSA) is 42.4 Å². The SMILES string of the molecule is CC(C)(C)CC[C@H](O)c1ccc(OCc2ccccc2)cn1. The lowest BCUT2D eigenvalue weighted by Crippen LogP contribution is -2.09. The number of aromatic nitrogens is 1. The van der Waals surface area contributed by atoms with Crippen molar-refractivity contribution < 1.29 is 9.84 Å². The Bertz CT molecular complexity index is 558. The highest BCUT2D eigenvalue weighted by Crippen LogP contribution is 2.27. The van der Waals surface area contributed by atoms with Gasteiger partial charge in [-0.3, -0.25) is 4.98 Å². The van der Waals surface area contributed by atoms with Gasteiger partial charge < -0.3 is 9.84 Å². The average molecular weight is 299 g/mol. The average Bonchev–Trinajstić information content (AvgIpc) is 2.51. The summed E-state index contributed by atoms with van der Waals surface area (Å²) in [5.74, 6) is 0.718. The van der Waals surface area contributed by atoms with Crippen LogP contribution in [0.1, 0.15) is 51.0 Å². The molecule has 0 bridgehead atoms. The zero-order valence-corrected chi connectivity index (χ0v) is 13.6. The molecule has 0 aliphatic rings. The number of hydrogen-bond donors (Lipinski definition) is 1.